The van der Waals surface area contributed by atoms with E-state index in [1.165, 1.54) is 0 Å². The number of halogens is 3. The van der Waals surface area contributed by atoms with Crippen molar-refractivity contribution in [2.24, 2.45) is 0 Å². The van der Waals surface area contributed by atoms with Crippen LogP contribution in [-0.2, 0) is 4.79 Å². The fraction of sp³-hybridized carbons (Fsp3) is 0.125. The van der Waals surface area contributed by atoms with E-state index in [-0.39, 0.29) is 9.64 Å². The minimum absolute atomic E-state index is 0.165. The molecule has 0 heterocycles. The monoisotopic (exact) mass is 325 g/mol. The fourth-order valence-corrected chi connectivity index (χ4v) is 1.18. The molecule has 0 unspecified atom stereocenters. The normalized spacial score (nSPS) is 10.2. The zero-order valence-corrected chi connectivity index (χ0v) is 10.4. The van der Waals surface area contributed by atoms with Crippen LogP contribution in [0.25, 0.3) is 0 Å². The summed E-state index contributed by atoms with van der Waals surface area (Å²) in [6.07, 6.45) is 0. The molecule has 0 saturated carbocycles. The van der Waals surface area contributed by atoms with Gasteiger partial charge in [0, 0.05) is 10.7 Å². The van der Waals surface area contributed by atoms with Crippen molar-refractivity contribution >= 4 is 55.1 Å². The second kappa shape index (κ2) is 4.98. The van der Waals surface area contributed by atoms with E-state index >= 15 is 0 Å². The molecule has 0 atom stereocenters. The van der Waals surface area contributed by atoms with Crippen molar-refractivity contribution in [1.29, 1.82) is 0 Å². The van der Waals surface area contributed by atoms with E-state index in [1.807, 2.05) is 0 Å². The first-order valence-corrected chi connectivity index (χ1v) is 5.65. The van der Waals surface area contributed by atoms with Crippen LogP contribution in [0.15, 0.2) is 24.3 Å². The molecule has 1 amide bonds. The maximum Gasteiger partial charge on any atom is 0.248 e. The second-order valence-corrected chi connectivity index (χ2v) is 5.80. The molecule has 0 aromatic heterocycles. The Morgan fingerprint density at radius 1 is 1.46 bits per heavy atom. The van der Waals surface area contributed by atoms with Gasteiger partial charge < -0.3 is 5.32 Å². The predicted molar refractivity (Wildman–Crippen MR) is 61.7 cm³/mol. The molecular formula is C8H6Br2ClNO. The summed E-state index contributed by atoms with van der Waals surface area (Å²) >= 11 is 11.9. The average molecular weight is 327 g/mol. The summed E-state index contributed by atoms with van der Waals surface area (Å²) in [5.74, 6) is -0.165. The highest BCUT2D eigenvalue weighted by Crippen LogP contribution is 2.17. The quantitative estimate of drug-likeness (QED) is 0.829. The molecule has 1 aromatic rings. The Bertz CT molecular complexity index is 317. The van der Waals surface area contributed by atoms with Gasteiger partial charge in [0.05, 0.1) is 0 Å². The molecule has 0 spiro atoms. The third-order valence-electron chi connectivity index (χ3n) is 1.29. The summed E-state index contributed by atoms with van der Waals surface area (Å²) in [6, 6.07) is 6.97. The largest absolute Gasteiger partial charge is 0.324 e. The summed E-state index contributed by atoms with van der Waals surface area (Å²) in [7, 11) is 0. The van der Waals surface area contributed by atoms with Crippen molar-refractivity contribution in [1.82, 2.24) is 0 Å². The lowest BCUT2D eigenvalue weighted by molar-refractivity contribution is -0.114. The Balaban J connectivity index is 2.69. The first-order valence-electron chi connectivity index (χ1n) is 3.44. The smallest absolute Gasteiger partial charge is 0.248 e. The lowest BCUT2D eigenvalue weighted by Gasteiger charge is -2.05. The molecule has 5 heteroatoms. The van der Waals surface area contributed by atoms with Gasteiger partial charge in [-0.05, 0) is 18.2 Å². The van der Waals surface area contributed by atoms with Crippen molar-refractivity contribution in [2.45, 2.75) is 3.74 Å². The number of nitrogens with one attached hydrogen (secondary N) is 1. The highest BCUT2D eigenvalue weighted by molar-refractivity contribution is 9.25. The number of amides is 1. The highest BCUT2D eigenvalue weighted by Gasteiger charge is 2.09. The molecule has 0 aliphatic heterocycles. The standard InChI is InChI=1S/C8H6Br2ClNO/c9-7(10)8(13)12-6-3-1-2-5(11)4-6/h1-4,7H,(H,12,13). The zero-order valence-electron chi connectivity index (χ0n) is 6.43. The van der Waals surface area contributed by atoms with E-state index in [0.717, 1.165) is 0 Å². The van der Waals surface area contributed by atoms with Crippen molar-refractivity contribution in [2.75, 3.05) is 5.32 Å². The van der Waals surface area contributed by atoms with Gasteiger partial charge in [0.25, 0.3) is 0 Å². The molecule has 2 nitrogen and oxygen atoms in total. The van der Waals surface area contributed by atoms with E-state index in [2.05, 4.69) is 37.2 Å². The average Bonchev–Trinajstić information content (AvgIpc) is 2.04. The number of alkyl halides is 2. The predicted octanol–water partition coefficient (Wildman–Crippen LogP) is 3.39. The maximum absolute atomic E-state index is 11.2. The van der Waals surface area contributed by atoms with Gasteiger partial charge in [0.15, 0.2) is 0 Å². The molecule has 0 bridgehead atoms. The first-order chi connectivity index (χ1) is 6.09. The summed E-state index contributed by atoms with van der Waals surface area (Å²) < 4.78 is -0.390. The molecule has 1 rings (SSSR count). The van der Waals surface area contributed by atoms with Crippen molar-refractivity contribution < 1.29 is 4.79 Å². The zero-order chi connectivity index (χ0) is 9.84. The van der Waals surface area contributed by atoms with Crippen molar-refractivity contribution in [3.05, 3.63) is 29.3 Å². The van der Waals surface area contributed by atoms with Crippen LogP contribution >= 0.6 is 43.5 Å². The number of benzene rings is 1. The number of carbonyl (C=O) groups is 1. The third-order valence-corrected chi connectivity index (χ3v) is 2.36. The number of rotatable bonds is 2. The Kier molecular flexibility index (Phi) is 4.22. The summed E-state index contributed by atoms with van der Waals surface area (Å²) in [5.41, 5.74) is 0.682. The summed E-state index contributed by atoms with van der Waals surface area (Å²) in [6.45, 7) is 0. The van der Waals surface area contributed by atoms with Crippen LogP contribution < -0.4 is 5.32 Å². The van der Waals surface area contributed by atoms with Crippen molar-refractivity contribution in [3.8, 4) is 0 Å². The summed E-state index contributed by atoms with van der Waals surface area (Å²) in [4.78, 5) is 11.2. The third kappa shape index (κ3) is 3.67. The van der Waals surface area contributed by atoms with Gasteiger partial charge in [-0.25, -0.2) is 0 Å². The van der Waals surface area contributed by atoms with Crippen LogP contribution in [0.5, 0.6) is 0 Å². The molecule has 0 aliphatic rings. The van der Waals surface area contributed by atoms with Gasteiger partial charge in [0.1, 0.15) is 3.74 Å². The van der Waals surface area contributed by atoms with Gasteiger partial charge in [-0.2, -0.15) is 0 Å². The van der Waals surface area contributed by atoms with Crippen LogP contribution in [0.3, 0.4) is 0 Å². The molecule has 0 radical (unpaired) electrons. The molecule has 0 saturated heterocycles. The minimum Gasteiger partial charge on any atom is -0.324 e. The van der Waals surface area contributed by atoms with E-state index in [1.54, 1.807) is 24.3 Å². The number of hydrogen-bond acceptors (Lipinski definition) is 1. The van der Waals surface area contributed by atoms with E-state index < -0.39 is 0 Å². The van der Waals surface area contributed by atoms with E-state index in [4.69, 9.17) is 11.6 Å². The highest BCUT2D eigenvalue weighted by atomic mass is 79.9. The Morgan fingerprint density at radius 2 is 2.15 bits per heavy atom. The van der Waals surface area contributed by atoms with Crippen LogP contribution in [0, 0.1) is 0 Å². The number of carbonyl (C=O) groups excluding carboxylic acids is 1. The summed E-state index contributed by atoms with van der Waals surface area (Å²) in [5, 5.41) is 3.26. The van der Waals surface area contributed by atoms with Crippen molar-refractivity contribution in [3.63, 3.8) is 0 Å². The fourth-order valence-electron chi connectivity index (χ4n) is 0.763. The number of hydrogen-bond donors (Lipinski definition) is 1. The van der Waals surface area contributed by atoms with Crippen LogP contribution in [0.4, 0.5) is 5.69 Å². The van der Waals surface area contributed by atoms with Gasteiger partial charge in [0.2, 0.25) is 5.91 Å². The molecule has 13 heavy (non-hydrogen) atoms. The van der Waals surface area contributed by atoms with E-state index in [0.29, 0.717) is 10.7 Å². The minimum atomic E-state index is -0.390. The van der Waals surface area contributed by atoms with Gasteiger partial charge in [-0.3, -0.25) is 4.79 Å². The van der Waals surface area contributed by atoms with E-state index in [9.17, 15) is 4.79 Å². The molecule has 0 fully saturated rings. The second-order valence-electron chi connectivity index (χ2n) is 2.30. The Hall–Kier alpha value is -0.0600. The number of anilines is 1. The topological polar surface area (TPSA) is 29.1 Å². The molecule has 1 N–H and O–H groups in total. The lowest BCUT2D eigenvalue weighted by Crippen LogP contribution is -2.17. The van der Waals surface area contributed by atoms with Crippen LogP contribution in [0.2, 0.25) is 5.02 Å². The van der Waals surface area contributed by atoms with Crippen LogP contribution in [-0.4, -0.2) is 9.64 Å². The molecule has 0 aliphatic carbocycles. The van der Waals surface area contributed by atoms with Gasteiger partial charge in [-0.15, -0.1) is 0 Å². The van der Waals surface area contributed by atoms with Gasteiger partial charge >= 0.3 is 0 Å². The molecule has 70 valence electrons. The molecular weight excluding hydrogens is 321 g/mol. The Morgan fingerprint density at radius 3 is 2.69 bits per heavy atom. The lowest BCUT2D eigenvalue weighted by atomic mass is 10.3. The maximum atomic E-state index is 11.2. The first kappa shape index (κ1) is 11.0. The Labute approximate surface area is 97.9 Å². The van der Waals surface area contributed by atoms with Crippen LogP contribution in [0.1, 0.15) is 0 Å². The van der Waals surface area contributed by atoms with Gasteiger partial charge in [-0.1, -0.05) is 49.5 Å². The SMILES string of the molecule is O=C(Nc1cccc(Cl)c1)C(Br)Br. The molecule has 1 aromatic carbocycles.